The second-order valence-electron chi connectivity index (χ2n) is 2.04. The van der Waals surface area contributed by atoms with E-state index in [1.54, 1.807) is 6.08 Å². The molecule has 1 heterocycles. The number of nitrogens with one attached hydrogen (secondary N) is 1. The minimum Gasteiger partial charge on any atom is -0.361 e. The third kappa shape index (κ3) is 1.18. The predicted molar refractivity (Wildman–Crippen MR) is 44.8 cm³/mol. The van der Waals surface area contributed by atoms with Gasteiger partial charge in [0.05, 0.1) is 0 Å². The van der Waals surface area contributed by atoms with E-state index in [0.29, 0.717) is 0 Å². The van der Waals surface area contributed by atoms with Crippen molar-refractivity contribution >= 4 is 12.2 Å². The summed E-state index contributed by atoms with van der Waals surface area (Å²) in [5, 5.41) is 2.34. The Bertz CT molecular complexity index is 317. The molecule has 0 aliphatic carbocycles. The number of H-pyrrole nitrogens is 1. The molecule has 1 rings (SSSR count). The smallest absolute Gasteiger partial charge is 0.0450 e. The zero-order valence-electron chi connectivity index (χ0n) is 6.09. The molecule has 0 bridgehead atoms. The molecule has 0 aromatic carbocycles. The van der Waals surface area contributed by atoms with Gasteiger partial charge in [-0.15, -0.1) is 0 Å². The Morgan fingerprint density at radius 3 is 3.00 bits per heavy atom. The van der Waals surface area contributed by atoms with Gasteiger partial charge in [0.15, 0.2) is 0 Å². The van der Waals surface area contributed by atoms with Crippen LogP contribution in [0.5, 0.6) is 0 Å². The van der Waals surface area contributed by atoms with E-state index in [4.69, 9.17) is 0 Å². The molecule has 1 N–H and O–H groups in total. The highest BCUT2D eigenvalue weighted by molar-refractivity contribution is 5.35. The maximum atomic E-state index is 3.62. The van der Waals surface area contributed by atoms with Crippen LogP contribution in [0, 0.1) is 0 Å². The molecule has 1 aromatic rings. The molecule has 0 aliphatic rings. The van der Waals surface area contributed by atoms with Gasteiger partial charge in [-0.3, -0.25) is 0 Å². The summed E-state index contributed by atoms with van der Waals surface area (Å²) in [7, 11) is 0. The van der Waals surface area contributed by atoms with Crippen LogP contribution >= 0.6 is 0 Å². The highest BCUT2D eigenvalue weighted by Gasteiger charge is 1.79. The van der Waals surface area contributed by atoms with E-state index in [0.717, 1.165) is 5.35 Å². The van der Waals surface area contributed by atoms with Crippen LogP contribution in [0.15, 0.2) is 24.9 Å². The van der Waals surface area contributed by atoms with Crippen molar-refractivity contribution in [2.24, 2.45) is 0 Å². The van der Waals surface area contributed by atoms with Crippen molar-refractivity contribution in [1.29, 1.82) is 0 Å². The van der Waals surface area contributed by atoms with Crippen LogP contribution in [0.3, 0.4) is 0 Å². The van der Waals surface area contributed by atoms with E-state index >= 15 is 0 Å². The Kier molecular flexibility index (Phi) is 2.11. The first kappa shape index (κ1) is 6.87. The first-order valence-corrected chi connectivity index (χ1v) is 3.31. The summed E-state index contributed by atoms with van der Waals surface area (Å²) in [5.74, 6) is 0. The lowest BCUT2D eigenvalue weighted by molar-refractivity contribution is 1.32. The van der Waals surface area contributed by atoms with Crippen molar-refractivity contribution < 1.29 is 0 Å². The molecule has 0 unspecified atom stereocenters. The second-order valence-corrected chi connectivity index (χ2v) is 2.04. The minimum absolute atomic E-state index is 1.12. The van der Waals surface area contributed by atoms with Crippen LogP contribution in [0.4, 0.5) is 0 Å². The number of hydrogen-bond donors (Lipinski definition) is 1. The standard InChI is InChI=1S/C9H11N/c1-3-5-9-8(4-2)6-7-10-9/h3-7,10H,1H2,2H3. The summed E-state index contributed by atoms with van der Waals surface area (Å²) in [6.07, 6.45) is 7.71. The maximum absolute atomic E-state index is 3.62. The summed E-state index contributed by atoms with van der Waals surface area (Å²) in [5.41, 5.74) is 0. The summed E-state index contributed by atoms with van der Waals surface area (Å²) in [6.45, 7) is 5.64. The van der Waals surface area contributed by atoms with Crippen LogP contribution < -0.4 is 10.6 Å². The Hall–Kier alpha value is -1.24. The summed E-state index contributed by atoms with van der Waals surface area (Å²) in [6, 6.07) is 2.04. The van der Waals surface area contributed by atoms with Gasteiger partial charge in [0, 0.05) is 11.5 Å². The first-order valence-electron chi connectivity index (χ1n) is 3.31. The molecule has 0 amide bonds. The van der Waals surface area contributed by atoms with E-state index < -0.39 is 0 Å². The molecule has 0 atom stereocenters. The van der Waals surface area contributed by atoms with E-state index in [-0.39, 0.29) is 0 Å². The largest absolute Gasteiger partial charge is 0.361 e. The van der Waals surface area contributed by atoms with Gasteiger partial charge in [-0.2, -0.15) is 0 Å². The number of rotatable bonds is 1. The molecule has 0 saturated carbocycles. The molecule has 0 aliphatic heterocycles. The fraction of sp³-hybridized carbons (Fsp3) is 0.111. The molecule has 1 nitrogen and oxygen atoms in total. The van der Waals surface area contributed by atoms with Crippen molar-refractivity contribution in [1.82, 2.24) is 4.98 Å². The minimum atomic E-state index is 1.12. The third-order valence-electron chi connectivity index (χ3n) is 1.41. The third-order valence-corrected chi connectivity index (χ3v) is 1.41. The SMILES string of the molecule is C=CC=c1[nH]ccc1=CC. The molecule has 0 radical (unpaired) electrons. The van der Waals surface area contributed by atoms with Crippen molar-refractivity contribution in [3.63, 3.8) is 0 Å². The Balaban J connectivity index is 3.41. The van der Waals surface area contributed by atoms with Gasteiger partial charge in [-0.1, -0.05) is 18.7 Å². The van der Waals surface area contributed by atoms with Crippen LogP contribution in [0.25, 0.3) is 12.2 Å². The Morgan fingerprint density at radius 2 is 2.40 bits per heavy atom. The van der Waals surface area contributed by atoms with E-state index in [9.17, 15) is 0 Å². The average molecular weight is 133 g/mol. The van der Waals surface area contributed by atoms with Gasteiger partial charge in [-0.05, 0) is 24.3 Å². The normalized spacial score (nSPS) is 14.1. The molecular weight excluding hydrogens is 122 g/mol. The summed E-state index contributed by atoms with van der Waals surface area (Å²) >= 11 is 0. The van der Waals surface area contributed by atoms with Gasteiger partial charge in [0.25, 0.3) is 0 Å². The van der Waals surface area contributed by atoms with E-state index in [2.05, 4.69) is 17.6 Å². The molecule has 0 saturated heterocycles. The monoisotopic (exact) mass is 133 g/mol. The Labute approximate surface area is 60.4 Å². The lowest BCUT2D eigenvalue weighted by atomic mass is 10.4. The zero-order chi connectivity index (χ0) is 7.40. The Morgan fingerprint density at radius 1 is 1.60 bits per heavy atom. The van der Waals surface area contributed by atoms with Gasteiger partial charge >= 0.3 is 0 Å². The maximum Gasteiger partial charge on any atom is 0.0450 e. The fourth-order valence-corrected chi connectivity index (χ4v) is 0.908. The van der Waals surface area contributed by atoms with Crippen molar-refractivity contribution in [2.45, 2.75) is 6.92 Å². The zero-order valence-corrected chi connectivity index (χ0v) is 6.09. The lowest BCUT2D eigenvalue weighted by Crippen LogP contribution is -2.20. The first-order chi connectivity index (χ1) is 4.88. The molecule has 52 valence electrons. The lowest BCUT2D eigenvalue weighted by Gasteiger charge is -1.74. The highest BCUT2D eigenvalue weighted by atomic mass is 14.6. The molecule has 0 spiro atoms. The number of allylic oxidation sites excluding steroid dienone is 1. The van der Waals surface area contributed by atoms with Gasteiger partial charge in [0.1, 0.15) is 0 Å². The van der Waals surface area contributed by atoms with Gasteiger partial charge in [-0.25, -0.2) is 0 Å². The van der Waals surface area contributed by atoms with Gasteiger partial charge in [0.2, 0.25) is 0 Å². The number of aromatic nitrogens is 1. The highest BCUT2D eigenvalue weighted by Crippen LogP contribution is 1.66. The molecule has 1 aromatic heterocycles. The van der Waals surface area contributed by atoms with Crippen molar-refractivity contribution in [3.8, 4) is 0 Å². The quantitative estimate of drug-likeness (QED) is 0.582. The van der Waals surface area contributed by atoms with E-state index in [1.165, 1.54) is 5.22 Å². The second kappa shape index (κ2) is 3.06. The summed E-state index contributed by atoms with van der Waals surface area (Å²) < 4.78 is 0. The van der Waals surface area contributed by atoms with Crippen molar-refractivity contribution in [2.75, 3.05) is 0 Å². The predicted octanol–water partition coefficient (Wildman–Crippen LogP) is 0.782. The average Bonchev–Trinajstić information content (AvgIpc) is 2.36. The number of aromatic amines is 1. The van der Waals surface area contributed by atoms with Crippen LogP contribution in [-0.2, 0) is 0 Å². The fourth-order valence-electron chi connectivity index (χ4n) is 0.908. The van der Waals surface area contributed by atoms with Crippen LogP contribution in [0.2, 0.25) is 0 Å². The van der Waals surface area contributed by atoms with Crippen LogP contribution in [-0.4, -0.2) is 4.98 Å². The molecule has 0 fully saturated rings. The van der Waals surface area contributed by atoms with E-state index in [1.807, 2.05) is 25.3 Å². The van der Waals surface area contributed by atoms with Crippen molar-refractivity contribution in [3.05, 3.63) is 35.5 Å². The van der Waals surface area contributed by atoms with Crippen LogP contribution in [0.1, 0.15) is 6.92 Å². The molecule has 10 heavy (non-hydrogen) atoms. The summed E-state index contributed by atoms with van der Waals surface area (Å²) in [4.78, 5) is 3.10. The number of hydrogen-bond acceptors (Lipinski definition) is 0. The van der Waals surface area contributed by atoms with Gasteiger partial charge < -0.3 is 4.98 Å². The topological polar surface area (TPSA) is 15.8 Å². The molecular formula is C9H11N. The molecule has 1 heteroatoms.